The lowest BCUT2D eigenvalue weighted by Crippen LogP contribution is -1.96. The van der Waals surface area contributed by atoms with Gasteiger partial charge in [0.25, 0.3) is 0 Å². The molecule has 92 valence electrons. The number of azide groups is 1. The van der Waals surface area contributed by atoms with Gasteiger partial charge in [-0.05, 0) is 24.6 Å². The lowest BCUT2D eigenvalue weighted by Gasteiger charge is -2.07. The molecule has 1 heterocycles. The molecule has 0 aliphatic heterocycles. The van der Waals surface area contributed by atoms with E-state index in [9.17, 15) is 0 Å². The molecule has 0 atom stereocenters. The second-order valence-electron chi connectivity index (χ2n) is 3.86. The van der Waals surface area contributed by atoms with Gasteiger partial charge in [-0.15, -0.1) is 0 Å². The van der Waals surface area contributed by atoms with E-state index in [-0.39, 0.29) is 0 Å². The van der Waals surface area contributed by atoms with Gasteiger partial charge in [-0.1, -0.05) is 17.2 Å². The van der Waals surface area contributed by atoms with Crippen LogP contribution in [0.5, 0.6) is 5.75 Å². The number of hydrogen-bond donors (Lipinski definition) is 0. The predicted octanol–water partition coefficient (Wildman–Crippen LogP) is 3.25. The first kappa shape index (κ1) is 12.0. The molecule has 0 saturated heterocycles. The number of ether oxygens (including phenoxy) is 1. The van der Waals surface area contributed by atoms with Gasteiger partial charge in [-0.3, -0.25) is 4.68 Å². The molecule has 2 rings (SSSR count). The number of hydrogen-bond acceptors (Lipinski definition) is 3. The first-order chi connectivity index (χ1) is 8.70. The average Bonchev–Trinajstić information content (AvgIpc) is 2.67. The summed E-state index contributed by atoms with van der Waals surface area (Å²) < 4.78 is 7.40. The van der Waals surface area contributed by atoms with Crippen molar-refractivity contribution in [1.29, 1.82) is 0 Å². The second-order valence-corrected chi connectivity index (χ2v) is 3.86. The molecule has 0 spiro atoms. The molecule has 18 heavy (non-hydrogen) atoms. The number of aromatic nitrogens is 2. The number of para-hydroxylation sites is 1. The average molecular weight is 243 g/mol. The highest BCUT2D eigenvalue weighted by Gasteiger charge is 2.05. The molecule has 0 amide bonds. The Kier molecular flexibility index (Phi) is 3.50. The predicted molar refractivity (Wildman–Crippen MR) is 67.5 cm³/mol. The SMILES string of the molecule is Cc1nn(C)cc1COc1ccccc1N=[N+]=[N-]. The fraction of sp³-hybridized carbons (Fsp3) is 0.250. The van der Waals surface area contributed by atoms with E-state index in [0.717, 1.165) is 11.3 Å². The normalized spacial score (nSPS) is 9.89. The molecular formula is C12H13N5O. The van der Waals surface area contributed by atoms with E-state index in [0.29, 0.717) is 18.0 Å². The van der Waals surface area contributed by atoms with Gasteiger partial charge in [0.2, 0.25) is 0 Å². The van der Waals surface area contributed by atoms with Gasteiger partial charge in [0, 0.05) is 23.7 Å². The van der Waals surface area contributed by atoms with Crippen LogP contribution in [0.2, 0.25) is 0 Å². The zero-order valence-corrected chi connectivity index (χ0v) is 10.2. The Morgan fingerprint density at radius 1 is 1.44 bits per heavy atom. The maximum absolute atomic E-state index is 8.47. The zero-order valence-electron chi connectivity index (χ0n) is 10.2. The topological polar surface area (TPSA) is 75.8 Å². The van der Waals surface area contributed by atoms with E-state index in [1.165, 1.54) is 0 Å². The van der Waals surface area contributed by atoms with E-state index in [4.69, 9.17) is 10.3 Å². The molecule has 1 aromatic carbocycles. The maximum Gasteiger partial charge on any atom is 0.129 e. The van der Waals surface area contributed by atoms with E-state index >= 15 is 0 Å². The van der Waals surface area contributed by atoms with Crippen LogP contribution in [0, 0.1) is 6.92 Å². The molecular weight excluding hydrogens is 230 g/mol. The summed E-state index contributed by atoms with van der Waals surface area (Å²) in [4.78, 5) is 2.77. The summed E-state index contributed by atoms with van der Waals surface area (Å²) in [5.41, 5.74) is 10.9. The minimum Gasteiger partial charge on any atom is -0.488 e. The smallest absolute Gasteiger partial charge is 0.129 e. The van der Waals surface area contributed by atoms with Crippen LogP contribution < -0.4 is 4.74 Å². The molecule has 1 aromatic heterocycles. The fourth-order valence-corrected chi connectivity index (χ4v) is 1.66. The molecule has 0 aliphatic rings. The summed E-state index contributed by atoms with van der Waals surface area (Å²) in [7, 11) is 1.87. The van der Waals surface area contributed by atoms with Gasteiger partial charge in [0.15, 0.2) is 0 Å². The summed E-state index contributed by atoms with van der Waals surface area (Å²) in [5, 5.41) is 7.82. The molecule has 0 bridgehead atoms. The van der Waals surface area contributed by atoms with Crippen molar-refractivity contribution < 1.29 is 4.74 Å². The monoisotopic (exact) mass is 243 g/mol. The van der Waals surface area contributed by atoms with Gasteiger partial charge >= 0.3 is 0 Å². The first-order valence-electron chi connectivity index (χ1n) is 5.47. The zero-order chi connectivity index (χ0) is 13.0. The van der Waals surface area contributed by atoms with Crippen LogP contribution >= 0.6 is 0 Å². The molecule has 0 saturated carbocycles. The second kappa shape index (κ2) is 5.25. The highest BCUT2D eigenvalue weighted by atomic mass is 16.5. The lowest BCUT2D eigenvalue weighted by atomic mass is 10.3. The van der Waals surface area contributed by atoms with Crippen molar-refractivity contribution in [3.63, 3.8) is 0 Å². The summed E-state index contributed by atoms with van der Waals surface area (Å²) in [6.45, 7) is 2.33. The summed E-state index contributed by atoms with van der Waals surface area (Å²) in [6, 6.07) is 7.12. The van der Waals surface area contributed by atoms with Crippen LogP contribution in [0.4, 0.5) is 5.69 Å². The van der Waals surface area contributed by atoms with E-state index in [1.54, 1.807) is 22.9 Å². The van der Waals surface area contributed by atoms with Gasteiger partial charge in [-0.2, -0.15) is 5.10 Å². The van der Waals surface area contributed by atoms with Crippen LogP contribution in [-0.4, -0.2) is 9.78 Å². The molecule has 2 aromatic rings. The van der Waals surface area contributed by atoms with E-state index in [2.05, 4.69) is 15.1 Å². The van der Waals surface area contributed by atoms with Crippen LogP contribution in [0.1, 0.15) is 11.3 Å². The largest absolute Gasteiger partial charge is 0.488 e. The number of aryl methyl sites for hydroxylation is 2. The molecule has 6 nitrogen and oxygen atoms in total. The van der Waals surface area contributed by atoms with Gasteiger partial charge < -0.3 is 4.74 Å². The summed E-state index contributed by atoms with van der Waals surface area (Å²) in [5.74, 6) is 0.568. The highest BCUT2D eigenvalue weighted by molar-refractivity contribution is 5.51. The molecule has 0 N–H and O–H groups in total. The van der Waals surface area contributed by atoms with Crippen LogP contribution in [0.15, 0.2) is 35.6 Å². The molecule has 0 fully saturated rings. The minimum absolute atomic E-state index is 0.400. The molecule has 0 unspecified atom stereocenters. The van der Waals surface area contributed by atoms with Crippen molar-refractivity contribution in [2.24, 2.45) is 12.2 Å². The Morgan fingerprint density at radius 3 is 2.89 bits per heavy atom. The number of benzene rings is 1. The third kappa shape index (κ3) is 2.61. The van der Waals surface area contributed by atoms with Crippen molar-refractivity contribution >= 4 is 5.69 Å². The van der Waals surface area contributed by atoms with Crippen LogP contribution in [0.25, 0.3) is 10.4 Å². The van der Waals surface area contributed by atoms with Crippen molar-refractivity contribution in [2.45, 2.75) is 13.5 Å². The third-order valence-corrected chi connectivity index (χ3v) is 2.52. The Balaban J connectivity index is 2.15. The fourth-order valence-electron chi connectivity index (χ4n) is 1.66. The summed E-state index contributed by atoms with van der Waals surface area (Å²) >= 11 is 0. The Labute approximate surface area is 104 Å². The molecule has 0 radical (unpaired) electrons. The standard InChI is InChI=1S/C12H13N5O/c1-9-10(7-17(2)15-9)8-18-12-6-4-3-5-11(12)14-16-13/h3-7H,8H2,1-2H3. The van der Waals surface area contributed by atoms with Gasteiger partial charge in [-0.25, -0.2) is 0 Å². The summed E-state index contributed by atoms with van der Waals surface area (Å²) in [6.07, 6.45) is 1.91. The number of rotatable bonds is 4. The van der Waals surface area contributed by atoms with Crippen molar-refractivity contribution in [3.05, 3.63) is 52.2 Å². The molecule has 0 aliphatic carbocycles. The Bertz CT molecular complexity index is 598. The number of nitrogens with zero attached hydrogens (tertiary/aromatic N) is 5. The minimum atomic E-state index is 0.400. The highest BCUT2D eigenvalue weighted by Crippen LogP contribution is 2.27. The van der Waals surface area contributed by atoms with Crippen molar-refractivity contribution in [1.82, 2.24) is 9.78 Å². The van der Waals surface area contributed by atoms with E-state index < -0.39 is 0 Å². The van der Waals surface area contributed by atoms with Crippen molar-refractivity contribution in [3.8, 4) is 5.75 Å². The van der Waals surface area contributed by atoms with Crippen LogP contribution in [-0.2, 0) is 13.7 Å². The van der Waals surface area contributed by atoms with Crippen molar-refractivity contribution in [2.75, 3.05) is 0 Å². The lowest BCUT2D eigenvalue weighted by molar-refractivity contribution is 0.306. The van der Waals surface area contributed by atoms with Crippen LogP contribution in [0.3, 0.4) is 0 Å². The quantitative estimate of drug-likeness (QED) is 0.469. The maximum atomic E-state index is 8.47. The van der Waals surface area contributed by atoms with Gasteiger partial charge in [0.1, 0.15) is 12.4 Å². The molecule has 6 heteroatoms. The van der Waals surface area contributed by atoms with E-state index in [1.807, 2.05) is 26.2 Å². The first-order valence-corrected chi connectivity index (χ1v) is 5.47. The third-order valence-electron chi connectivity index (χ3n) is 2.52. The van der Waals surface area contributed by atoms with Gasteiger partial charge in [0.05, 0.1) is 11.4 Å². The Hall–Kier alpha value is -2.46. The Morgan fingerprint density at radius 2 is 2.22 bits per heavy atom.